The fourth-order valence-corrected chi connectivity index (χ4v) is 2.07. The van der Waals surface area contributed by atoms with Crippen molar-refractivity contribution in [1.82, 2.24) is 4.57 Å². The molecule has 1 aromatic heterocycles. The van der Waals surface area contributed by atoms with Gasteiger partial charge in [0.05, 0.1) is 17.7 Å². The van der Waals surface area contributed by atoms with E-state index in [1.54, 1.807) is 10.6 Å². The lowest BCUT2D eigenvalue weighted by Crippen LogP contribution is -2.06. The van der Waals surface area contributed by atoms with E-state index in [1.807, 2.05) is 25.3 Å². The van der Waals surface area contributed by atoms with Gasteiger partial charge in [-0.15, -0.1) is 0 Å². The molecular formula is C13H15NO3. The molecular weight excluding hydrogens is 218 g/mol. The minimum atomic E-state index is -0.928. The molecule has 0 aliphatic heterocycles. The number of carboxylic acid groups (broad SMARTS) is 1. The van der Waals surface area contributed by atoms with Gasteiger partial charge in [-0.2, -0.15) is 0 Å². The summed E-state index contributed by atoms with van der Waals surface area (Å²) >= 11 is 0. The number of aromatic carboxylic acids is 1. The first-order valence-corrected chi connectivity index (χ1v) is 5.63. The zero-order valence-corrected chi connectivity index (χ0v) is 9.68. The molecule has 0 saturated carbocycles. The number of aryl methyl sites for hydroxylation is 1. The van der Waals surface area contributed by atoms with Gasteiger partial charge in [0.2, 0.25) is 0 Å². The number of aliphatic hydroxyl groups is 1. The number of benzene rings is 1. The van der Waals surface area contributed by atoms with Gasteiger partial charge in [0.15, 0.2) is 0 Å². The molecule has 17 heavy (non-hydrogen) atoms. The van der Waals surface area contributed by atoms with Crippen LogP contribution in [0, 0.1) is 0 Å². The number of hydrogen-bond acceptors (Lipinski definition) is 2. The molecule has 0 atom stereocenters. The number of carboxylic acids is 1. The van der Waals surface area contributed by atoms with Crippen LogP contribution in [0.15, 0.2) is 24.4 Å². The van der Waals surface area contributed by atoms with E-state index in [9.17, 15) is 9.90 Å². The second-order valence-corrected chi connectivity index (χ2v) is 3.97. The maximum absolute atomic E-state index is 11.3. The number of fused-ring (bicyclic) bond motifs is 1. The highest BCUT2D eigenvalue weighted by Gasteiger charge is 2.13. The summed E-state index contributed by atoms with van der Waals surface area (Å²) in [6, 6.07) is 5.59. The Morgan fingerprint density at radius 3 is 2.76 bits per heavy atom. The van der Waals surface area contributed by atoms with Gasteiger partial charge in [0.1, 0.15) is 0 Å². The maximum Gasteiger partial charge on any atom is 0.337 e. The van der Waals surface area contributed by atoms with Crippen LogP contribution in [0.1, 0.15) is 22.8 Å². The molecule has 0 saturated heterocycles. The minimum absolute atomic E-state index is 0.00162. The van der Waals surface area contributed by atoms with Crippen LogP contribution in [0.3, 0.4) is 0 Å². The SMILES string of the molecule is CCc1cc(C(=O)O)c2c(ccn2CCO)c1. The molecule has 1 heterocycles. The fraction of sp³-hybridized carbons (Fsp3) is 0.308. The van der Waals surface area contributed by atoms with E-state index in [4.69, 9.17) is 5.11 Å². The Hall–Kier alpha value is -1.81. The van der Waals surface area contributed by atoms with Crippen molar-refractivity contribution in [1.29, 1.82) is 0 Å². The summed E-state index contributed by atoms with van der Waals surface area (Å²) in [6.45, 7) is 2.41. The van der Waals surface area contributed by atoms with Crippen molar-refractivity contribution in [2.45, 2.75) is 19.9 Å². The van der Waals surface area contributed by atoms with E-state index >= 15 is 0 Å². The summed E-state index contributed by atoms with van der Waals surface area (Å²) in [7, 11) is 0. The lowest BCUT2D eigenvalue weighted by molar-refractivity contribution is 0.0698. The third-order valence-corrected chi connectivity index (χ3v) is 2.90. The number of nitrogens with zero attached hydrogens (tertiary/aromatic N) is 1. The van der Waals surface area contributed by atoms with Crippen LogP contribution < -0.4 is 0 Å². The van der Waals surface area contributed by atoms with Crippen LogP contribution in [-0.2, 0) is 13.0 Å². The van der Waals surface area contributed by atoms with Crippen LogP contribution in [0.5, 0.6) is 0 Å². The lowest BCUT2D eigenvalue weighted by Gasteiger charge is -2.07. The second kappa shape index (κ2) is 4.59. The summed E-state index contributed by atoms with van der Waals surface area (Å²) in [6.07, 6.45) is 2.62. The Labute approximate surface area is 99.1 Å². The normalized spacial score (nSPS) is 10.9. The largest absolute Gasteiger partial charge is 0.478 e. The molecule has 4 nitrogen and oxygen atoms in total. The lowest BCUT2D eigenvalue weighted by atomic mass is 10.0. The van der Waals surface area contributed by atoms with Gasteiger partial charge in [-0.3, -0.25) is 0 Å². The highest BCUT2D eigenvalue weighted by atomic mass is 16.4. The van der Waals surface area contributed by atoms with Crippen molar-refractivity contribution < 1.29 is 15.0 Å². The number of aromatic nitrogens is 1. The zero-order chi connectivity index (χ0) is 12.4. The standard InChI is InChI=1S/C13H15NO3/c1-2-9-7-10-3-4-14(5-6-15)12(10)11(8-9)13(16)17/h3-4,7-8,15H,2,5-6H2,1H3,(H,16,17). The topological polar surface area (TPSA) is 62.5 Å². The van der Waals surface area contributed by atoms with Gasteiger partial charge < -0.3 is 14.8 Å². The van der Waals surface area contributed by atoms with Crippen LogP contribution in [0.25, 0.3) is 10.9 Å². The highest BCUT2D eigenvalue weighted by molar-refractivity contribution is 6.02. The molecule has 0 amide bonds. The molecule has 1 aromatic carbocycles. The van der Waals surface area contributed by atoms with Crippen LogP contribution >= 0.6 is 0 Å². The van der Waals surface area contributed by atoms with Gasteiger partial charge in [-0.05, 0) is 30.2 Å². The van der Waals surface area contributed by atoms with Crippen molar-refractivity contribution in [2.75, 3.05) is 6.61 Å². The molecule has 0 aliphatic rings. The van der Waals surface area contributed by atoms with Gasteiger partial charge >= 0.3 is 5.97 Å². The van der Waals surface area contributed by atoms with Crippen molar-refractivity contribution in [3.05, 3.63) is 35.5 Å². The van der Waals surface area contributed by atoms with E-state index in [1.165, 1.54) is 0 Å². The molecule has 0 fully saturated rings. The van der Waals surface area contributed by atoms with E-state index in [0.717, 1.165) is 17.4 Å². The third kappa shape index (κ3) is 2.03. The van der Waals surface area contributed by atoms with Gasteiger partial charge in [0, 0.05) is 18.1 Å². The summed E-state index contributed by atoms with van der Waals surface area (Å²) in [5.41, 5.74) is 2.00. The Morgan fingerprint density at radius 1 is 1.41 bits per heavy atom. The predicted molar refractivity (Wildman–Crippen MR) is 65.4 cm³/mol. The number of carbonyl (C=O) groups is 1. The van der Waals surface area contributed by atoms with Crippen molar-refractivity contribution in [3.8, 4) is 0 Å². The first-order chi connectivity index (χ1) is 8.17. The molecule has 90 valence electrons. The summed E-state index contributed by atoms with van der Waals surface area (Å²) in [4.78, 5) is 11.3. The monoisotopic (exact) mass is 233 g/mol. The van der Waals surface area contributed by atoms with E-state index in [-0.39, 0.29) is 6.61 Å². The maximum atomic E-state index is 11.3. The van der Waals surface area contributed by atoms with Crippen LogP contribution in [0.4, 0.5) is 0 Å². The average Bonchev–Trinajstić information content (AvgIpc) is 2.71. The first kappa shape index (κ1) is 11.7. The molecule has 0 spiro atoms. The second-order valence-electron chi connectivity index (χ2n) is 3.97. The quantitative estimate of drug-likeness (QED) is 0.847. The average molecular weight is 233 g/mol. The molecule has 0 bridgehead atoms. The van der Waals surface area contributed by atoms with Crippen molar-refractivity contribution in [3.63, 3.8) is 0 Å². The molecule has 0 unspecified atom stereocenters. The zero-order valence-electron chi connectivity index (χ0n) is 9.68. The Kier molecular flexibility index (Phi) is 3.15. The van der Waals surface area contributed by atoms with Crippen molar-refractivity contribution in [2.24, 2.45) is 0 Å². The number of hydrogen-bond donors (Lipinski definition) is 2. The van der Waals surface area contributed by atoms with Gasteiger partial charge in [-0.25, -0.2) is 4.79 Å². The number of rotatable bonds is 4. The first-order valence-electron chi connectivity index (χ1n) is 5.63. The molecule has 0 aliphatic carbocycles. The molecule has 2 rings (SSSR count). The van der Waals surface area contributed by atoms with Crippen molar-refractivity contribution >= 4 is 16.9 Å². The predicted octanol–water partition coefficient (Wildman–Crippen LogP) is 1.89. The molecule has 4 heteroatoms. The van der Waals surface area contributed by atoms with Gasteiger partial charge in [0.25, 0.3) is 0 Å². The van der Waals surface area contributed by atoms with Crippen LogP contribution in [-0.4, -0.2) is 27.4 Å². The Balaban J connectivity index is 2.71. The molecule has 0 radical (unpaired) electrons. The Morgan fingerprint density at radius 2 is 2.18 bits per heavy atom. The minimum Gasteiger partial charge on any atom is -0.478 e. The van der Waals surface area contributed by atoms with E-state index in [0.29, 0.717) is 17.6 Å². The van der Waals surface area contributed by atoms with E-state index in [2.05, 4.69) is 0 Å². The third-order valence-electron chi connectivity index (χ3n) is 2.90. The summed E-state index contributed by atoms with van der Waals surface area (Å²) < 4.78 is 1.78. The van der Waals surface area contributed by atoms with Gasteiger partial charge in [-0.1, -0.05) is 6.92 Å². The summed E-state index contributed by atoms with van der Waals surface area (Å²) in [5.74, 6) is -0.928. The van der Waals surface area contributed by atoms with E-state index < -0.39 is 5.97 Å². The molecule has 2 aromatic rings. The highest BCUT2D eigenvalue weighted by Crippen LogP contribution is 2.23. The van der Waals surface area contributed by atoms with Crippen LogP contribution in [0.2, 0.25) is 0 Å². The number of aliphatic hydroxyl groups excluding tert-OH is 1. The Bertz CT molecular complexity index is 557. The summed E-state index contributed by atoms with van der Waals surface area (Å²) in [5, 5.41) is 19.1. The molecule has 2 N–H and O–H groups in total. The fourth-order valence-electron chi connectivity index (χ4n) is 2.07. The smallest absolute Gasteiger partial charge is 0.337 e.